The number of esters is 4. The van der Waals surface area contributed by atoms with Gasteiger partial charge in [-0.1, -0.05) is 269 Å². The molecule has 0 aromatic rings. The third kappa shape index (κ3) is 73.0. The number of phosphoric acid groups is 2. The molecule has 0 aromatic carbocycles. The standard InChI is InChI=1S/C83H136O17P2/c1-5-9-13-17-21-25-29-32-34-36-38-40-42-45-48-51-55-59-63-67-80(85)93-73-78(99-82(87)69-65-61-57-53-47-28-24-20-16-12-8-4)75-97-101(89,90)95-71-77(84)72-96-102(91,92)98-76-79(100-83(88)70-66-62-58-54-50-44-31-27-23-19-15-11-7-3)74-94-81(86)68-64-60-56-52-49-46-43-41-39-37-35-33-30-26-22-18-14-10-6-2/h9-10,13-15,19-22,24-27,31-35,38-41,46,49,56,60,77-79,84H,5-8,11-12,16-18,23,28-30,36-37,42-45,47-48,50-55,57-59,61-76H2,1-4H3,(H,89,90)(H,91,92)/b13-9-,14-10-,19-15-,24-20-,25-21-,26-22-,31-27-,34-32-,35-33-,40-38-,41-39-,49-46-,60-56-. The first-order valence-corrected chi connectivity index (χ1v) is 41.7. The zero-order valence-corrected chi connectivity index (χ0v) is 65.0. The maximum Gasteiger partial charge on any atom is 0.472 e. The highest BCUT2D eigenvalue weighted by Gasteiger charge is 2.30. The number of allylic oxidation sites excluding steroid dienone is 26. The topological polar surface area (TPSA) is 237 Å². The number of hydrogen-bond acceptors (Lipinski definition) is 15. The molecule has 580 valence electrons. The number of carbonyl (C=O) groups is 4. The molecule has 0 heterocycles. The van der Waals surface area contributed by atoms with Gasteiger partial charge in [0.15, 0.2) is 12.2 Å². The van der Waals surface area contributed by atoms with Crippen molar-refractivity contribution in [2.45, 2.75) is 303 Å². The molecule has 0 radical (unpaired) electrons. The maximum atomic E-state index is 13.1. The molecule has 0 bridgehead atoms. The number of rotatable bonds is 71. The Kier molecular flexibility index (Phi) is 70.1. The van der Waals surface area contributed by atoms with Crippen molar-refractivity contribution in [3.8, 4) is 0 Å². The molecule has 0 amide bonds. The van der Waals surface area contributed by atoms with E-state index in [0.29, 0.717) is 32.1 Å². The lowest BCUT2D eigenvalue weighted by atomic mass is 10.1. The van der Waals surface area contributed by atoms with Gasteiger partial charge in [-0.15, -0.1) is 0 Å². The number of unbranched alkanes of at least 4 members (excludes halogenated alkanes) is 19. The predicted octanol–water partition coefficient (Wildman–Crippen LogP) is 22.4. The summed E-state index contributed by atoms with van der Waals surface area (Å²) < 4.78 is 68.4. The molecule has 0 fully saturated rings. The van der Waals surface area contributed by atoms with E-state index in [1.165, 1.54) is 12.8 Å². The van der Waals surface area contributed by atoms with Crippen LogP contribution in [-0.4, -0.2) is 96.7 Å². The Morgan fingerprint density at radius 2 is 0.549 bits per heavy atom. The van der Waals surface area contributed by atoms with Crippen LogP contribution >= 0.6 is 15.6 Å². The van der Waals surface area contributed by atoms with Crippen molar-refractivity contribution in [1.29, 1.82) is 0 Å². The average molecular weight is 1470 g/mol. The van der Waals surface area contributed by atoms with E-state index >= 15 is 0 Å². The van der Waals surface area contributed by atoms with Crippen LogP contribution in [0.4, 0.5) is 0 Å². The number of aliphatic hydroxyl groups is 1. The van der Waals surface area contributed by atoms with Gasteiger partial charge in [0.25, 0.3) is 0 Å². The minimum absolute atomic E-state index is 0.0284. The molecule has 0 rings (SSSR count). The largest absolute Gasteiger partial charge is 0.472 e. The van der Waals surface area contributed by atoms with Crippen molar-refractivity contribution < 1.29 is 80.2 Å². The van der Waals surface area contributed by atoms with Gasteiger partial charge in [-0.2, -0.15) is 0 Å². The SMILES string of the molecule is CC/C=C\C/C=C\C/C=C\C/C=C\C/C=C\C/C=C\CCC(=O)OCC(COP(=O)(O)OCC(O)COP(=O)(O)OCC(COC(=O)CCCCCCCC/C=C\C/C=C\C/C=C\C/C=C\CC)OC(=O)CCCCCCC/C=C\CCCC)OC(=O)CCCCCCC/C=C\C/C=C\CCC. The fraction of sp³-hybridized carbons (Fsp3) is 0.639. The highest BCUT2D eigenvalue weighted by atomic mass is 31.2. The summed E-state index contributed by atoms with van der Waals surface area (Å²) in [7, 11) is -9.99. The van der Waals surface area contributed by atoms with Gasteiger partial charge in [0, 0.05) is 25.7 Å². The summed E-state index contributed by atoms with van der Waals surface area (Å²) >= 11 is 0. The second kappa shape index (κ2) is 74.0. The minimum atomic E-state index is -5.00. The van der Waals surface area contributed by atoms with Crippen LogP contribution in [0.15, 0.2) is 158 Å². The van der Waals surface area contributed by atoms with Gasteiger partial charge >= 0.3 is 39.5 Å². The Morgan fingerprint density at radius 1 is 0.284 bits per heavy atom. The Bertz CT molecular complexity index is 2550. The Labute approximate surface area is 617 Å². The summed E-state index contributed by atoms with van der Waals surface area (Å²) in [6.45, 7) is 4.39. The summed E-state index contributed by atoms with van der Waals surface area (Å²) in [6.07, 6.45) is 85.4. The number of phosphoric ester groups is 2. The molecule has 0 aliphatic heterocycles. The number of carbonyl (C=O) groups excluding carboxylic acids is 4. The van der Waals surface area contributed by atoms with Crippen LogP contribution in [0, 0.1) is 0 Å². The summed E-state index contributed by atoms with van der Waals surface area (Å²) in [6, 6.07) is 0. The fourth-order valence-electron chi connectivity index (χ4n) is 9.61. The maximum absolute atomic E-state index is 13.1. The van der Waals surface area contributed by atoms with Crippen molar-refractivity contribution in [3.05, 3.63) is 158 Å². The summed E-state index contributed by atoms with van der Waals surface area (Å²) in [4.78, 5) is 72.8. The molecule has 17 nitrogen and oxygen atoms in total. The van der Waals surface area contributed by atoms with Crippen LogP contribution in [0.25, 0.3) is 0 Å². The molecular formula is C83H136O17P2. The van der Waals surface area contributed by atoms with E-state index in [9.17, 15) is 43.2 Å². The summed E-state index contributed by atoms with van der Waals surface area (Å²) in [5, 5.41) is 10.6. The molecule has 5 atom stereocenters. The molecule has 5 unspecified atom stereocenters. The van der Waals surface area contributed by atoms with Crippen molar-refractivity contribution in [3.63, 3.8) is 0 Å². The lowest BCUT2D eigenvalue weighted by molar-refractivity contribution is -0.161. The van der Waals surface area contributed by atoms with E-state index in [4.69, 9.17) is 37.0 Å². The predicted molar refractivity (Wildman–Crippen MR) is 417 cm³/mol. The Balaban J connectivity index is 5.39. The van der Waals surface area contributed by atoms with E-state index in [1.54, 1.807) is 0 Å². The van der Waals surface area contributed by atoms with Crippen molar-refractivity contribution in [1.82, 2.24) is 0 Å². The molecule has 19 heteroatoms. The zero-order valence-electron chi connectivity index (χ0n) is 63.2. The molecule has 3 N–H and O–H groups in total. The van der Waals surface area contributed by atoms with Crippen LogP contribution in [-0.2, 0) is 65.4 Å². The smallest absolute Gasteiger partial charge is 0.462 e. The third-order valence-electron chi connectivity index (χ3n) is 15.5. The van der Waals surface area contributed by atoms with Gasteiger partial charge in [-0.05, 0) is 148 Å². The third-order valence-corrected chi connectivity index (χ3v) is 17.4. The molecule has 0 saturated carbocycles. The number of aliphatic hydroxyl groups excluding tert-OH is 1. The van der Waals surface area contributed by atoms with Crippen molar-refractivity contribution in [2.24, 2.45) is 0 Å². The fourth-order valence-corrected chi connectivity index (χ4v) is 11.2. The van der Waals surface area contributed by atoms with Crippen LogP contribution in [0.2, 0.25) is 0 Å². The van der Waals surface area contributed by atoms with Crippen molar-refractivity contribution >= 4 is 39.5 Å². The van der Waals surface area contributed by atoms with E-state index in [1.807, 2.05) is 18.2 Å². The number of ether oxygens (including phenoxy) is 4. The monoisotopic (exact) mass is 1470 g/mol. The van der Waals surface area contributed by atoms with Gasteiger partial charge in [0.2, 0.25) is 0 Å². The molecule has 0 saturated heterocycles. The highest BCUT2D eigenvalue weighted by molar-refractivity contribution is 7.47. The van der Waals surface area contributed by atoms with Crippen LogP contribution in [0.5, 0.6) is 0 Å². The normalized spacial score (nSPS) is 14.8. The minimum Gasteiger partial charge on any atom is -0.462 e. The van der Waals surface area contributed by atoms with Gasteiger partial charge in [-0.25, -0.2) is 9.13 Å². The van der Waals surface area contributed by atoms with Gasteiger partial charge in [0.1, 0.15) is 19.3 Å². The second-order valence-electron chi connectivity index (χ2n) is 25.2. The zero-order chi connectivity index (χ0) is 74.6. The van der Waals surface area contributed by atoms with Crippen LogP contribution in [0.1, 0.15) is 285 Å². The second-order valence-corrected chi connectivity index (χ2v) is 28.1. The highest BCUT2D eigenvalue weighted by Crippen LogP contribution is 2.45. The van der Waals surface area contributed by atoms with Crippen LogP contribution in [0.3, 0.4) is 0 Å². The summed E-state index contributed by atoms with van der Waals surface area (Å²) in [5.74, 6) is -2.32. The van der Waals surface area contributed by atoms with E-state index in [0.717, 1.165) is 186 Å². The quantitative estimate of drug-likeness (QED) is 0.0169. The molecule has 0 aromatic heterocycles. The van der Waals surface area contributed by atoms with E-state index < -0.39 is 97.5 Å². The Morgan fingerprint density at radius 3 is 0.892 bits per heavy atom. The molecule has 0 aliphatic rings. The average Bonchev–Trinajstić information content (AvgIpc) is 0.907. The first kappa shape index (κ1) is 96.7. The van der Waals surface area contributed by atoms with Gasteiger partial charge < -0.3 is 33.8 Å². The molecule has 0 spiro atoms. The lowest BCUT2D eigenvalue weighted by Crippen LogP contribution is -2.30. The van der Waals surface area contributed by atoms with Crippen molar-refractivity contribution in [2.75, 3.05) is 39.6 Å². The summed E-state index contributed by atoms with van der Waals surface area (Å²) in [5.41, 5.74) is 0. The molecular weight excluding hydrogens is 1330 g/mol. The first-order chi connectivity index (χ1) is 49.7. The van der Waals surface area contributed by atoms with Gasteiger partial charge in [-0.3, -0.25) is 37.3 Å². The lowest BCUT2D eigenvalue weighted by Gasteiger charge is -2.21. The van der Waals surface area contributed by atoms with E-state index in [2.05, 4.69) is 167 Å². The Hall–Kier alpha value is -5.32. The molecule has 102 heavy (non-hydrogen) atoms. The molecule has 0 aliphatic carbocycles. The first-order valence-electron chi connectivity index (χ1n) is 38.7. The van der Waals surface area contributed by atoms with Gasteiger partial charge in [0.05, 0.1) is 26.4 Å². The number of hydrogen-bond donors (Lipinski definition) is 3. The van der Waals surface area contributed by atoms with E-state index in [-0.39, 0.29) is 25.7 Å². The van der Waals surface area contributed by atoms with Crippen LogP contribution < -0.4 is 0 Å².